The number of amides is 1. The van der Waals surface area contributed by atoms with Crippen molar-refractivity contribution in [2.75, 3.05) is 36.9 Å². The van der Waals surface area contributed by atoms with E-state index in [1.54, 1.807) is 11.3 Å². The Hall–Kier alpha value is -2.82. The third-order valence-electron chi connectivity index (χ3n) is 6.73. The molecular weight excluding hydrogens is 450 g/mol. The molecule has 3 heterocycles. The summed E-state index contributed by atoms with van der Waals surface area (Å²) in [6.07, 6.45) is 5.13. The number of hydrogen-bond acceptors (Lipinski definition) is 9. The number of thiazole rings is 1. The second kappa shape index (κ2) is 10.2. The van der Waals surface area contributed by atoms with Crippen LogP contribution in [0.2, 0.25) is 0 Å². The number of carbonyl (C=O) groups excluding carboxylic acids is 1. The van der Waals surface area contributed by atoms with Gasteiger partial charge in [-0.05, 0) is 50.3 Å². The van der Waals surface area contributed by atoms with E-state index in [4.69, 9.17) is 15.5 Å². The Morgan fingerprint density at radius 1 is 1.18 bits per heavy atom. The molecule has 1 aliphatic heterocycles. The van der Waals surface area contributed by atoms with Crippen molar-refractivity contribution in [2.45, 2.75) is 51.1 Å². The first kappa shape index (κ1) is 22.9. The number of ether oxygens (including phenoxy) is 1. The third-order valence-corrected chi connectivity index (χ3v) is 7.52. The summed E-state index contributed by atoms with van der Waals surface area (Å²) in [6.45, 7) is 5.76. The van der Waals surface area contributed by atoms with Crippen LogP contribution >= 0.6 is 11.3 Å². The molecule has 2 fully saturated rings. The lowest BCUT2D eigenvalue weighted by Crippen LogP contribution is -2.46. The minimum absolute atomic E-state index is 0.155. The zero-order valence-electron chi connectivity index (χ0n) is 19.4. The maximum atomic E-state index is 12.2. The van der Waals surface area contributed by atoms with Gasteiger partial charge in [-0.25, -0.2) is 15.0 Å². The number of nitrogens with one attached hydrogen (secondary N) is 2. The topological polar surface area (TPSA) is 118 Å². The number of benzene rings is 1. The lowest BCUT2D eigenvalue weighted by Gasteiger charge is -2.39. The predicted octanol–water partition coefficient (Wildman–Crippen LogP) is 3.55. The SMILES string of the molecule is CCc1nc(C(N)=O)c(Nc2ccc3ncsc3c2)nc1NC1CCC(N2CCOCC2)CC1. The predicted molar refractivity (Wildman–Crippen MR) is 135 cm³/mol. The number of nitrogens with two attached hydrogens (primary N) is 1. The molecule has 0 bridgehead atoms. The van der Waals surface area contributed by atoms with Gasteiger partial charge in [0.25, 0.3) is 5.91 Å². The van der Waals surface area contributed by atoms with E-state index >= 15 is 0 Å². The van der Waals surface area contributed by atoms with Crippen LogP contribution in [-0.2, 0) is 11.2 Å². The lowest BCUT2D eigenvalue weighted by atomic mass is 9.90. The van der Waals surface area contributed by atoms with Crippen molar-refractivity contribution in [1.29, 1.82) is 0 Å². The monoisotopic (exact) mass is 481 g/mol. The number of hydrogen-bond donors (Lipinski definition) is 3. The molecule has 0 radical (unpaired) electrons. The largest absolute Gasteiger partial charge is 0.379 e. The smallest absolute Gasteiger partial charge is 0.271 e. The Balaban J connectivity index is 1.33. The van der Waals surface area contributed by atoms with E-state index in [-0.39, 0.29) is 5.69 Å². The van der Waals surface area contributed by atoms with Crippen molar-refractivity contribution in [3.8, 4) is 0 Å². The molecular formula is C24H31N7O2S. The highest BCUT2D eigenvalue weighted by atomic mass is 32.1. The van der Waals surface area contributed by atoms with Gasteiger partial charge in [-0.3, -0.25) is 9.69 Å². The number of morpholine rings is 1. The Morgan fingerprint density at radius 3 is 2.71 bits per heavy atom. The van der Waals surface area contributed by atoms with E-state index in [9.17, 15) is 4.79 Å². The van der Waals surface area contributed by atoms with Gasteiger partial charge in [0.15, 0.2) is 11.5 Å². The molecule has 1 aromatic carbocycles. The lowest BCUT2D eigenvalue weighted by molar-refractivity contribution is 0.00790. The summed E-state index contributed by atoms with van der Waals surface area (Å²) in [5.74, 6) is 0.503. The van der Waals surface area contributed by atoms with Crippen LogP contribution in [0.4, 0.5) is 17.3 Å². The zero-order chi connectivity index (χ0) is 23.5. The molecule has 1 amide bonds. The number of carbonyl (C=O) groups is 1. The zero-order valence-corrected chi connectivity index (χ0v) is 20.2. The van der Waals surface area contributed by atoms with Crippen LogP contribution in [0.1, 0.15) is 48.8 Å². The van der Waals surface area contributed by atoms with Crippen molar-refractivity contribution >= 4 is 44.8 Å². The molecule has 1 aliphatic carbocycles. The van der Waals surface area contributed by atoms with Crippen LogP contribution in [-0.4, -0.2) is 64.1 Å². The second-order valence-electron chi connectivity index (χ2n) is 8.89. The normalized spacial score (nSPS) is 21.4. The van der Waals surface area contributed by atoms with Gasteiger partial charge in [0.2, 0.25) is 0 Å². The van der Waals surface area contributed by atoms with Crippen LogP contribution in [0.3, 0.4) is 0 Å². The van der Waals surface area contributed by atoms with Gasteiger partial charge in [-0.15, -0.1) is 11.3 Å². The van der Waals surface area contributed by atoms with E-state index in [1.165, 1.54) is 0 Å². The first-order chi connectivity index (χ1) is 16.6. The number of nitrogens with zero attached hydrogens (tertiary/aromatic N) is 4. The Bertz CT molecular complexity index is 1150. The van der Waals surface area contributed by atoms with Gasteiger partial charge in [0.05, 0.1) is 34.6 Å². The molecule has 34 heavy (non-hydrogen) atoms. The average molecular weight is 482 g/mol. The summed E-state index contributed by atoms with van der Waals surface area (Å²) in [5.41, 5.74) is 10.1. The minimum atomic E-state index is -0.596. The summed E-state index contributed by atoms with van der Waals surface area (Å²) in [5, 5.41) is 6.89. The van der Waals surface area contributed by atoms with E-state index in [0.29, 0.717) is 24.3 Å². The van der Waals surface area contributed by atoms with Crippen molar-refractivity contribution in [3.05, 3.63) is 35.1 Å². The number of aromatic nitrogens is 3. The Labute approximate surface area is 203 Å². The highest BCUT2D eigenvalue weighted by molar-refractivity contribution is 7.16. The van der Waals surface area contributed by atoms with Crippen LogP contribution < -0.4 is 16.4 Å². The van der Waals surface area contributed by atoms with Crippen molar-refractivity contribution < 1.29 is 9.53 Å². The van der Waals surface area contributed by atoms with Crippen molar-refractivity contribution in [2.24, 2.45) is 5.73 Å². The highest BCUT2D eigenvalue weighted by Gasteiger charge is 2.28. The summed E-state index contributed by atoms with van der Waals surface area (Å²) in [7, 11) is 0. The van der Waals surface area contributed by atoms with Crippen LogP contribution in [0.5, 0.6) is 0 Å². The van der Waals surface area contributed by atoms with E-state index in [1.807, 2.05) is 30.6 Å². The molecule has 1 saturated heterocycles. The summed E-state index contributed by atoms with van der Waals surface area (Å²) < 4.78 is 6.56. The molecule has 0 atom stereocenters. The van der Waals surface area contributed by atoms with Gasteiger partial charge in [0, 0.05) is 30.9 Å². The number of primary amides is 1. The van der Waals surface area contributed by atoms with Crippen LogP contribution in [0.15, 0.2) is 23.7 Å². The molecule has 3 aromatic rings. The molecule has 2 aliphatic rings. The molecule has 180 valence electrons. The first-order valence-corrected chi connectivity index (χ1v) is 12.9. The van der Waals surface area contributed by atoms with Crippen molar-refractivity contribution in [1.82, 2.24) is 19.9 Å². The standard InChI is InChI=1S/C24H31N7O2S/c1-2-18-23(27-15-3-6-17(7-4-15)31-9-11-33-12-10-31)30-24(21(29-18)22(25)32)28-16-5-8-19-20(13-16)34-14-26-19/h5,8,13-15,17H,2-4,6-7,9-12H2,1H3,(H2,25,32)(H2,27,28,30). The number of aryl methyl sites for hydroxylation is 1. The molecule has 4 N–H and O–H groups in total. The van der Waals surface area contributed by atoms with Gasteiger partial charge in [-0.1, -0.05) is 6.92 Å². The fourth-order valence-corrected chi connectivity index (χ4v) is 5.60. The molecule has 10 heteroatoms. The number of fused-ring (bicyclic) bond motifs is 1. The van der Waals surface area contributed by atoms with Crippen LogP contribution in [0, 0.1) is 0 Å². The molecule has 9 nitrogen and oxygen atoms in total. The fourth-order valence-electron chi connectivity index (χ4n) is 4.88. The Morgan fingerprint density at radius 2 is 1.97 bits per heavy atom. The van der Waals surface area contributed by atoms with Gasteiger partial charge in [-0.2, -0.15) is 0 Å². The fraction of sp³-hybridized carbons (Fsp3) is 0.500. The molecule has 0 unspecified atom stereocenters. The quantitative estimate of drug-likeness (QED) is 0.469. The van der Waals surface area contributed by atoms with E-state index < -0.39 is 5.91 Å². The maximum Gasteiger partial charge on any atom is 0.271 e. The van der Waals surface area contributed by atoms with Crippen molar-refractivity contribution in [3.63, 3.8) is 0 Å². The molecule has 5 rings (SSSR count). The Kier molecular flexibility index (Phi) is 6.89. The van der Waals surface area contributed by atoms with Gasteiger partial charge < -0.3 is 21.1 Å². The highest BCUT2D eigenvalue weighted by Crippen LogP contribution is 2.29. The minimum Gasteiger partial charge on any atom is -0.379 e. The third kappa shape index (κ3) is 4.98. The molecule has 2 aromatic heterocycles. The number of rotatable bonds is 7. The van der Waals surface area contributed by atoms with E-state index in [0.717, 1.165) is 79.4 Å². The second-order valence-corrected chi connectivity index (χ2v) is 9.78. The number of anilines is 3. The van der Waals surface area contributed by atoms with Gasteiger partial charge in [0.1, 0.15) is 5.82 Å². The maximum absolute atomic E-state index is 12.2. The summed E-state index contributed by atoms with van der Waals surface area (Å²) in [6, 6.07) is 6.82. The summed E-state index contributed by atoms with van der Waals surface area (Å²) in [4.78, 5) is 28.5. The first-order valence-electron chi connectivity index (χ1n) is 12.0. The average Bonchev–Trinajstić information content (AvgIpc) is 3.33. The van der Waals surface area contributed by atoms with Crippen LogP contribution in [0.25, 0.3) is 10.2 Å². The van der Waals surface area contributed by atoms with Gasteiger partial charge >= 0.3 is 0 Å². The summed E-state index contributed by atoms with van der Waals surface area (Å²) >= 11 is 1.56. The molecule has 0 spiro atoms. The van der Waals surface area contributed by atoms with E-state index in [2.05, 4.69) is 25.5 Å². The molecule has 1 saturated carbocycles.